The predicted molar refractivity (Wildman–Crippen MR) is 118 cm³/mol. The highest BCUT2D eigenvalue weighted by Gasteiger charge is 2.33. The zero-order valence-corrected chi connectivity index (χ0v) is 17.3. The minimum atomic E-state index is -0.254. The van der Waals surface area contributed by atoms with Crippen molar-refractivity contribution in [3.63, 3.8) is 0 Å². The summed E-state index contributed by atoms with van der Waals surface area (Å²) >= 11 is 6.54. The van der Waals surface area contributed by atoms with Crippen LogP contribution in [0, 0.1) is 0 Å². The van der Waals surface area contributed by atoms with Gasteiger partial charge in [0.2, 0.25) is 0 Å². The number of nitrogens with one attached hydrogen (secondary N) is 1. The third-order valence-electron chi connectivity index (χ3n) is 4.35. The van der Waals surface area contributed by atoms with E-state index in [0.717, 1.165) is 6.42 Å². The molecule has 0 bridgehead atoms. The molecule has 9 heteroatoms. The number of anilines is 1. The van der Waals surface area contributed by atoms with Gasteiger partial charge in [-0.25, -0.2) is 4.98 Å². The third-order valence-corrected chi connectivity index (χ3v) is 5.73. The first kappa shape index (κ1) is 19.4. The van der Waals surface area contributed by atoms with E-state index in [1.165, 1.54) is 21.1 Å². The molecule has 4 rings (SSSR count). The highest BCUT2D eigenvalue weighted by atomic mass is 32.2. The first-order valence-electron chi connectivity index (χ1n) is 9.11. The molecule has 3 aromatic rings. The fraction of sp³-hybridized carbons (Fsp3) is 0.200. The number of aromatic nitrogens is 2. The number of furan rings is 1. The van der Waals surface area contributed by atoms with Crippen molar-refractivity contribution in [1.29, 1.82) is 0 Å². The maximum Gasteiger partial charge on any atom is 0.267 e. The average molecular weight is 427 g/mol. The quantitative estimate of drug-likeness (QED) is 0.477. The lowest BCUT2D eigenvalue weighted by Crippen LogP contribution is -2.27. The Bertz CT molecular complexity index is 1170. The molecule has 0 radical (unpaired) electrons. The molecule has 0 atom stereocenters. The van der Waals surface area contributed by atoms with E-state index in [1.807, 2.05) is 13.0 Å². The van der Waals surface area contributed by atoms with Crippen LogP contribution in [0.1, 0.15) is 24.7 Å². The van der Waals surface area contributed by atoms with Crippen LogP contribution in [0.3, 0.4) is 0 Å². The molecule has 0 aliphatic carbocycles. The van der Waals surface area contributed by atoms with Crippen molar-refractivity contribution in [1.82, 2.24) is 14.3 Å². The van der Waals surface area contributed by atoms with Crippen molar-refractivity contribution in [3.05, 3.63) is 69.4 Å². The minimum absolute atomic E-state index is 0.245. The van der Waals surface area contributed by atoms with Crippen LogP contribution in [0.5, 0.6) is 0 Å². The molecule has 0 unspecified atom stereocenters. The molecular weight excluding hydrogens is 408 g/mol. The van der Waals surface area contributed by atoms with Crippen molar-refractivity contribution < 1.29 is 9.21 Å². The van der Waals surface area contributed by atoms with Crippen LogP contribution in [0.4, 0.5) is 5.82 Å². The number of thiocarbonyl (C=S) groups is 1. The number of hydrogen-bond acceptors (Lipinski definition) is 7. The molecule has 1 aliphatic rings. The van der Waals surface area contributed by atoms with Crippen molar-refractivity contribution in [3.8, 4) is 0 Å². The fourth-order valence-electron chi connectivity index (χ4n) is 2.94. The van der Waals surface area contributed by atoms with E-state index in [4.69, 9.17) is 16.6 Å². The molecule has 7 nitrogen and oxygen atoms in total. The highest BCUT2D eigenvalue weighted by molar-refractivity contribution is 8.26. The summed E-state index contributed by atoms with van der Waals surface area (Å²) in [5, 5.41) is 3.19. The zero-order valence-electron chi connectivity index (χ0n) is 15.6. The van der Waals surface area contributed by atoms with Crippen LogP contribution in [-0.2, 0) is 11.3 Å². The minimum Gasteiger partial charge on any atom is -0.467 e. The van der Waals surface area contributed by atoms with E-state index in [1.54, 1.807) is 42.8 Å². The molecular formula is C20H18N4O3S2. The Kier molecular flexibility index (Phi) is 5.50. The molecule has 148 valence electrons. The molecule has 1 N–H and O–H groups in total. The maximum absolute atomic E-state index is 13.1. The van der Waals surface area contributed by atoms with Gasteiger partial charge in [-0.2, -0.15) is 0 Å². The zero-order chi connectivity index (χ0) is 20.4. The molecule has 0 aromatic carbocycles. The summed E-state index contributed by atoms with van der Waals surface area (Å²) in [7, 11) is 0. The van der Waals surface area contributed by atoms with Crippen LogP contribution in [0.2, 0.25) is 0 Å². The summed E-state index contributed by atoms with van der Waals surface area (Å²) in [6.07, 6.45) is 5.67. The molecule has 1 saturated heterocycles. The number of carbonyl (C=O) groups excluding carboxylic acids is 1. The summed E-state index contributed by atoms with van der Waals surface area (Å²) in [4.78, 5) is 32.4. The second-order valence-corrected chi connectivity index (χ2v) is 8.06. The van der Waals surface area contributed by atoms with Crippen LogP contribution >= 0.6 is 24.0 Å². The lowest BCUT2D eigenvalue weighted by molar-refractivity contribution is -0.122. The molecule has 1 fully saturated rings. The molecule has 1 aliphatic heterocycles. The smallest absolute Gasteiger partial charge is 0.267 e. The molecule has 0 saturated carbocycles. The SMILES string of the molecule is CCCNc1nc2ccccn2c(=O)c1C=C1SC(=S)N(Cc2ccco2)C1=O. The van der Waals surface area contributed by atoms with Crippen LogP contribution in [0.25, 0.3) is 11.7 Å². The Balaban J connectivity index is 1.75. The monoisotopic (exact) mass is 426 g/mol. The second kappa shape index (κ2) is 8.22. The van der Waals surface area contributed by atoms with Gasteiger partial charge in [0, 0.05) is 12.7 Å². The summed E-state index contributed by atoms with van der Waals surface area (Å²) in [5.41, 5.74) is 0.629. The van der Waals surface area contributed by atoms with Gasteiger partial charge in [-0.05, 0) is 36.8 Å². The maximum atomic E-state index is 13.1. The van der Waals surface area contributed by atoms with Crippen LogP contribution in [-0.4, -0.2) is 31.1 Å². The first-order chi connectivity index (χ1) is 14.1. The summed E-state index contributed by atoms with van der Waals surface area (Å²) in [6.45, 7) is 2.95. The van der Waals surface area contributed by atoms with Gasteiger partial charge in [-0.15, -0.1) is 0 Å². The number of thioether (sulfide) groups is 1. The van der Waals surface area contributed by atoms with E-state index >= 15 is 0 Å². The number of pyridine rings is 1. The number of fused-ring (bicyclic) bond motifs is 1. The van der Waals surface area contributed by atoms with E-state index in [2.05, 4.69) is 10.3 Å². The Morgan fingerprint density at radius 1 is 1.28 bits per heavy atom. The molecule has 3 aromatic heterocycles. The van der Waals surface area contributed by atoms with Gasteiger partial charge in [-0.1, -0.05) is 37.0 Å². The van der Waals surface area contributed by atoms with Gasteiger partial charge in [0.1, 0.15) is 21.5 Å². The Morgan fingerprint density at radius 3 is 2.90 bits per heavy atom. The van der Waals surface area contributed by atoms with Gasteiger partial charge in [0.25, 0.3) is 11.5 Å². The summed E-state index contributed by atoms with van der Waals surface area (Å²) in [5.74, 6) is 0.843. The summed E-state index contributed by atoms with van der Waals surface area (Å²) in [6, 6.07) is 8.91. The van der Waals surface area contributed by atoms with Crippen molar-refractivity contribution >= 4 is 51.7 Å². The molecule has 0 spiro atoms. The van der Waals surface area contributed by atoms with E-state index in [9.17, 15) is 9.59 Å². The Labute approximate surface area is 176 Å². The average Bonchev–Trinajstić information content (AvgIpc) is 3.33. The number of nitrogens with zero attached hydrogens (tertiary/aromatic N) is 3. The van der Waals surface area contributed by atoms with Crippen molar-refractivity contribution in [2.75, 3.05) is 11.9 Å². The van der Waals surface area contributed by atoms with Gasteiger partial charge in [0.05, 0.1) is 23.3 Å². The highest BCUT2D eigenvalue weighted by Crippen LogP contribution is 2.34. The normalized spacial score (nSPS) is 15.6. The fourth-order valence-corrected chi connectivity index (χ4v) is 4.17. The topological polar surface area (TPSA) is 79.9 Å². The second-order valence-electron chi connectivity index (χ2n) is 6.38. The van der Waals surface area contributed by atoms with Crippen molar-refractivity contribution in [2.45, 2.75) is 19.9 Å². The number of carbonyl (C=O) groups is 1. The van der Waals surface area contributed by atoms with Crippen LogP contribution in [0.15, 0.2) is 56.9 Å². The lowest BCUT2D eigenvalue weighted by Gasteiger charge is -2.12. The predicted octanol–water partition coefficient (Wildman–Crippen LogP) is 3.51. The van der Waals surface area contributed by atoms with Crippen LogP contribution < -0.4 is 10.9 Å². The molecule has 29 heavy (non-hydrogen) atoms. The molecule has 1 amide bonds. The van der Waals surface area contributed by atoms with Crippen molar-refractivity contribution in [2.24, 2.45) is 0 Å². The number of hydrogen-bond donors (Lipinski definition) is 1. The van der Waals surface area contributed by atoms with Gasteiger partial charge < -0.3 is 9.73 Å². The third kappa shape index (κ3) is 3.83. The Morgan fingerprint density at radius 2 is 2.14 bits per heavy atom. The molecule has 4 heterocycles. The Hall–Kier alpha value is -2.91. The standard InChI is InChI=1S/C20H18N4O3S2/c1-2-8-21-17-14(18(25)23-9-4-3-7-16(23)22-17)11-15-19(26)24(20(28)29-15)12-13-6-5-10-27-13/h3-7,9-11,21H,2,8,12H2,1H3. The van der Waals surface area contributed by atoms with Gasteiger partial charge >= 0.3 is 0 Å². The van der Waals surface area contributed by atoms with E-state index < -0.39 is 0 Å². The van der Waals surface area contributed by atoms with E-state index in [-0.39, 0.29) is 18.0 Å². The largest absolute Gasteiger partial charge is 0.467 e. The van der Waals surface area contributed by atoms with Gasteiger partial charge in [-0.3, -0.25) is 18.9 Å². The number of rotatable bonds is 6. The first-order valence-corrected chi connectivity index (χ1v) is 10.3. The lowest BCUT2D eigenvalue weighted by atomic mass is 10.2. The summed E-state index contributed by atoms with van der Waals surface area (Å²) < 4.78 is 7.21. The number of amides is 1. The van der Waals surface area contributed by atoms with E-state index in [0.29, 0.717) is 38.6 Å². The van der Waals surface area contributed by atoms with Gasteiger partial charge in [0.15, 0.2) is 0 Å².